The highest BCUT2D eigenvalue weighted by Crippen LogP contribution is 2.64. The number of aryl methyl sites for hydroxylation is 1. The summed E-state index contributed by atoms with van der Waals surface area (Å²) in [5.74, 6) is -1.04. The van der Waals surface area contributed by atoms with Crippen molar-refractivity contribution in [2.45, 2.75) is 25.2 Å². The minimum Gasteiger partial charge on any atom is -0.274 e. The largest absolute Gasteiger partial charge is 0.274 e. The molecule has 1 aliphatic heterocycles. The first kappa shape index (κ1) is 18.1. The molecular weight excluding hydrogens is 438 g/mol. The summed E-state index contributed by atoms with van der Waals surface area (Å²) < 4.78 is 0.773. The van der Waals surface area contributed by atoms with Gasteiger partial charge < -0.3 is 0 Å². The molecule has 3 nitrogen and oxygen atoms in total. The maximum Gasteiger partial charge on any atom is 0.238 e. The van der Waals surface area contributed by atoms with Crippen LogP contribution in [-0.4, -0.2) is 11.8 Å². The molecule has 2 bridgehead atoms. The van der Waals surface area contributed by atoms with Crippen molar-refractivity contribution in [3.05, 3.63) is 99.0 Å². The molecule has 2 amide bonds. The van der Waals surface area contributed by atoms with E-state index in [2.05, 4.69) is 47.1 Å². The van der Waals surface area contributed by atoms with Gasteiger partial charge in [0.15, 0.2) is 0 Å². The Hall–Kier alpha value is -2.72. The summed E-state index contributed by atoms with van der Waals surface area (Å²) in [6.45, 7) is 4.15. The number of hydrogen-bond donors (Lipinski definition) is 0. The van der Waals surface area contributed by atoms with Gasteiger partial charge in [-0.3, -0.25) is 9.59 Å². The highest BCUT2D eigenvalue weighted by atomic mass is 79.9. The van der Waals surface area contributed by atoms with Crippen molar-refractivity contribution >= 4 is 33.4 Å². The molecule has 3 aliphatic carbocycles. The molecule has 0 N–H and O–H groups in total. The van der Waals surface area contributed by atoms with Crippen molar-refractivity contribution in [1.82, 2.24) is 0 Å². The van der Waals surface area contributed by atoms with Crippen molar-refractivity contribution in [2.24, 2.45) is 11.8 Å². The normalized spacial score (nSPS) is 28.4. The predicted octanol–water partition coefficient (Wildman–Crippen LogP) is 5.33. The number of rotatable bonds is 1. The molecule has 1 heterocycles. The van der Waals surface area contributed by atoms with Crippen LogP contribution in [0.1, 0.15) is 40.7 Å². The Morgan fingerprint density at radius 2 is 1.47 bits per heavy atom. The second-order valence-electron chi connectivity index (χ2n) is 8.82. The van der Waals surface area contributed by atoms with E-state index in [0.717, 1.165) is 10.0 Å². The summed E-state index contributed by atoms with van der Waals surface area (Å²) >= 11 is 3.58. The van der Waals surface area contributed by atoms with Gasteiger partial charge in [0.25, 0.3) is 0 Å². The lowest BCUT2D eigenvalue weighted by Crippen LogP contribution is -2.51. The van der Waals surface area contributed by atoms with Gasteiger partial charge in [-0.25, -0.2) is 4.90 Å². The minimum absolute atomic E-state index is 0.0881. The SMILES string of the molecule is Cc1ccc(N2C(=O)[C@H]3C4c5ccccc5C(C)(c5ccccc54)[C@H]3C2=O)c(Br)c1. The van der Waals surface area contributed by atoms with Gasteiger partial charge in [0.2, 0.25) is 11.8 Å². The minimum atomic E-state index is -0.523. The average Bonchev–Trinajstić information content (AvgIpc) is 3.01. The zero-order valence-corrected chi connectivity index (χ0v) is 18.3. The van der Waals surface area contributed by atoms with Gasteiger partial charge in [0.1, 0.15) is 0 Å². The molecular formula is C26H20BrNO2. The van der Waals surface area contributed by atoms with Crippen LogP contribution >= 0.6 is 15.9 Å². The quantitative estimate of drug-likeness (QED) is 0.463. The number of carbonyl (C=O) groups excluding carboxylic acids is 2. The molecule has 3 aromatic rings. The van der Waals surface area contributed by atoms with Crippen molar-refractivity contribution in [3.63, 3.8) is 0 Å². The third-order valence-corrected chi connectivity index (χ3v) is 8.02. The number of amides is 2. The maximum atomic E-state index is 13.9. The Bertz CT molecular complexity index is 1220. The second-order valence-corrected chi connectivity index (χ2v) is 9.68. The Labute approximate surface area is 183 Å². The molecule has 3 aromatic carbocycles. The van der Waals surface area contributed by atoms with Crippen LogP contribution in [0.2, 0.25) is 0 Å². The molecule has 4 heteroatoms. The number of carbonyl (C=O) groups is 2. The highest BCUT2D eigenvalue weighted by molar-refractivity contribution is 9.10. The van der Waals surface area contributed by atoms with Crippen LogP contribution in [0.15, 0.2) is 71.2 Å². The van der Waals surface area contributed by atoms with Crippen molar-refractivity contribution < 1.29 is 9.59 Å². The van der Waals surface area contributed by atoms with Gasteiger partial charge in [0.05, 0.1) is 17.5 Å². The van der Waals surface area contributed by atoms with E-state index in [1.54, 1.807) is 0 Å². The number of nitrogens with zero attached hydrogens (tertiary/aromatic N) is 1. The first-order valence-corrected chi connectivity index (χ1v) is 11.1. The summed E-state index contributed by atoms with van der Waals surface area (Å²) in [5.41, 5.74) is 5.93. The monoisotopic (exact) mass is 457 g/mol. The maximum absolute atomic E-state index is 13.9. The molecule has 148 valence electrons. The molecule has 2 atom stereocenters. The van der Waals surface area contributed by atoms with Crippen LogP contribution in [0.3, 0.4) is 0 Å². The van der Waals surface area contributed by atoms with Crippen molar-refractivity contribution in [1.29, 1.82) is 0 Å². The van der Waals surface area contributed by atoms with Gasteiger partial charge in [-0.05, 0) is 62.8 Å². The third-order valence-electron chi connectivity index (χ3n) is 7.39. The van der Waals surface area contributed by atoms with Crippen LogP contribution in [0.25, 0.3) is 0 Å². The van der Waals surface area contributed by atoms with Gasteiger partial charge in [-0.15, -0.1) is 0 Å². The Morgan fingerprint density at radius 1 is 0.867 bits per heavy atom. The molecule has 7 rings (SSSR count). The third kappa shape index (κ3) is 2.00. The molecule has 0 spiro atoms. The molecule has 30 heavy (non-hydrogen) atoms. The van der Waals surface area contributed by atoms with Crippen molar-refractivity contribution in [3.8, 4) is 0 Å². The van der Waals surface area contributed by atoms with Crippen LogP contribution in [0.5, 0.6) is 0 Å². The van der Waals surface area contributed by atoms with E-state index >= 15 is 0 Å². The summed E-state index contributed by atoms with van der Waals surface area (Å²) in [5, 5.41) is 0. The predicted molar refractivity (Wildman–Crippen MR) is 120 cm³/mol. The first-order chi connectivity index (χ1) is 14.4. The summed E-state index contributed by atoms with van der Waals surface area (Å²) in [6, 6.07) is 22.5. The number of benzene rings is 3. The van der Waals surface area contributed by atoms with E-state index in [1.807, 2.05) is 49.4 Å². The van der Waals surface area contributed by atoms with Crippen LogP contribution in [0, 0.1) is 18.8 Å². The summed E-state index contributed by atoms with van der Waals surface area (Å²) in [6.07, 6.45) is 0. The molecule has 0 radical (unpaired) electrons. The van der Waals surface area contributed by atoms with E-state index in [1.165, 1.54) is 27.2 Å². The Balaban J connectivity index is 1.62. The average molecular weight is 458 g/mol. The molecule has 1 saturated heterocycles. The zero-order chi connectivity index (χ0) is 20.8. The summed E-state index contributed by atoms with van der Waals surface area (Å²) in [4.78, 5) is 29.1. The Morgan fingerprint density at radius 3 is 2.07 bits per heavy atom. The van der Waals surface area contributed by atoms with Gasteiger partial charge in [-0.1, -0.05) is 61.5 Å². The lowest BCUT2D eigenvalue weighted by molar-refractivity contribution is -0.123. The number of halogens is 1. The second kappa shape index (κ2) is 5.92. The Kier molecular flexibility index (Phi) is 3.57. The van der Waals surface area contributed by atoms with E-state index in [4.69, 9.17) is 0 Å². The molecule has 1 fully saturated rings. The van der Waals surface area contributed by atoms with E-state index < -0.39 is 11.3 Å². The number of anilines is 1. The fourth-order valence-corrected chi connectivity index (χ4v) is 6.85. The molecule has 4 aliphatic rings. The fraction of sp³-hybridized carbons (Fsp3) is 0.231. The van der Waals surface area contributed by atoms with E-state index in [0.29, 0.717) is 5.69 Å². The summed E-state index contributed by atoms with van der Waals surface area (Å²) in [7, 11) is 0. The first-order valence-electron chi connectivity index (χ1n) is 10.3. The van der Waals surface area contributed by atoms with Gasteiger partial charge >= 0.3 is 0 Å². The zero-order valence-electron chi connectivity index (χ0n) is 16.7. The smallest absolute Gasteiger partial charge is 0.238 e. The highest BCUT2D eigenvalue weighted by Gasteiger charge is 2.66. The standard InChI is InChI=1S/C26H20BrNO2/c1-14-11-12-20(19(27)13-14)28-24(29)22-21-15-7-3-5-9-17(15)26(2,23(22)25(28)30)18-10-6-4-8-16(18)21/h3-13,21-23H,1-2H3/t21?,22-,23+,26?/m0/s1. The molecule has 0 unspecified atom stereocenters. The molecule has 0 aromatic heterocycles. The lowest BCUT2D eigenvalue weighted by Gasteiger charge is -2.52. The van der Waals surface area contributed by atoms with Gasteiger partial charge in [-0.2, -0.15) is 0 Å². The van der Waals surface area contributed by atoms with Gasteiger partial charge in [0, 0.05) is 15.8 Å². The fourth-order valence-electron chi connectivity index (χ4n) is 6.18. The van der Waals surface area contributed by atoms with Crippen LogP contribution in [0.4, 0.5) is 5.69 Å². The molecule has 0 saturated carbocycles. The van der Waals surface area contributed by atoms with Crippen molar-refractivity contribution in [2.75, 3.05) is 4.90 Å². The van der Waals surface area contributed by atoms with Crippen LogP contribution < -0.4 is 4.90 Å². The topological polar surface area (TPSA) is 37.4 Å². The lowest BCUT2D eigenvalue weighted by atomic mass is 9.48. The number of hydrogen-bond acceptors (Lipinski definition) is 2. The van der Waals surface area contributed by atoms with E-state index in [-0.39, 0.29) is 23.7 Å². The van der Waals surface area contributed by atoms with Crippen LogP contribution in [-0.2, 0) is 15.0 Å². The van der Waals surface area contributed by atoms with E-state index in [9.17, 15) is 9.59 Å². The number of imide groups is 1.